The second kappa shape index (κ2) is 7.91. The smallest absolute Gasteiger partial charge is 0.166 e. The molecule has 0 aliphatic heterocycles. The summed E-state index contributed by atoms with van der Waals surface area (Å²) < 4.78 is 19.8. The summed E-state index contributed by atoms with van der Waals surface area (Å²) in [6, 6.07) is 10.2. The van der Waals surface area contributed by atoms with Gasteiger partial charge in [-0.05, 0) is 36.8 Å². The van der Waals surface area contributed by atoms with Gasteiger partial charge in [-0.3, -0.25) is 4.98 Å². The predicted octanol–water partition coefficient (Wildman–Crippen LogP) is 4.85. The SMILES string of the molecule is Cc1cc(NCc2ccc(Oc3cccnc3)c(F)c2)nc(C(C)C)n1. The van der Waals surface area contributed by atoms with E-state index in [1.54, 1.807) is 30.6 Å². The Morgan fingerprint density at radius 3 is 2.69 bits per heavy atom. The Balaban J connectivity index is 1.68. The molecule has 2 aromatic heterocycles. The van der Waals surface area contributed by atoms with E-state index in [4.69, 9.17) is 4.74 Å². The number of rotatable bonds is 6. The van der Waals surface area contributed by atoms with Crippen LogP contribution in [0, 0.1) is 12.7 Å². The molecule has 26 heavy (non-hydrogen) atoms. The highest BCUT2D eigenvalue weighted by molar-refractivity contribution is 5.39. The van der Waals surface area contributed by atoms with Crippen LogP contribution in [0.3, 0.4) is 0 Å². The molecule has 0 radical (unpaired) electrons. The third-order valence-electron chi connectivity index (χ3n) is 3.72. The van der Waals surface area contributed by atoms with Crippen molar-refractivity contribution in [3.63, 3.8) is 0 Å². The monoisotopic (exact) mass is 352 g/mol. The van der Waals surface area contributed by atoms with Crippen molar-refractivity contribution in [3.05, 3.63) is 71.7 Å². The molecule has 0 aliphatic rings. The van der Waals surface area contributed by atoms with Crippen molar-refractivity contribution in [2.75, 3.05) is 5.32 Å². The van der Waals surface area contributed by atoms with Crippen molar-refractivity contribution < 1.29 is 9.13 Å². The topological polar surface area (TPSA) is 59.9 Å². The van der Waals surface area contributed by atoms with Crippen molar-refractivity contribution in [1.29, 1.82) is 0 Å². The van der Waals surface area contributed by atoms with Crippen molar-refractivity contribution >= 4 is 5.82 Å². The zero-order chi connectivity index (χ0) is 18.5. The Morgan fingerprint density at radius 2 is 2.00 bits per heavy atom. The lowest BCUT2D eigenvalue weighted by atomic mass is 10.2. The number of anilines is 1. The van der Waals surface area contributed by atoms with E-state index < -0.39 is 5.82 Å². The normalized spacial score (nSPS) is 10.8. The molecular formula is C20H21FN4O. The Labute approximate surface area is 152 Å². The molecule has 0 saturated carbocycles. The molecule has 0 aliphatic carbocycles. The van der Waals surface area contributed by atoms with E-state index in [9.17, 15) is 4.39 Å². The number of hydrogen-bond donors (Lipinski definition) is 1. The first-order valence-electron chi connectivity index (χ1n) is 8.47. The highest BCUT2D eigenvalue weighted by Crippen LogP contribution is 2.25. The first-order valence-corrected chi connectivity index (χ1v) is 8.47. The number of pyridine rings is 1. The van der Waals surface area contributed by atoms with Crippen molar-refractivity contribution in [2.24, 2.45) is 0 Å². The minimum Gasteiger partial charge on any atom is -0.453 e. The molecule has 2 heterocycles. The van der Waals surface area contributed by atoms with E-state index in [0.717, 1.165) is 22.9 Å². The van der Waals surface area contributed by atoms with E-state index in [-0.39, 0.29) is 11.7 Å². The van der Waals surface area contributed by atoms with Crippen LogP contribution >= 0.6 is 0 Å². The molecule has 0 bridgehead atoms. The molecule has 0 unspecified atom stereocenters. The summed E-state index contributed by atoms with van der Waals surface area (Å²) in [5, 5.41) is 3.22. The summed E-state index contributed by atoms with van der Waals surface area (Å²) in [6.07, 6.45) is 3.18. The number of halogens is 1. The molecule has 1 N–H and O–H groups in total. The summed E-state index contributed by atoms with van der Waals surface area (Å²) in [5.41, 5.74) is 1.70. The van der Waals surface area contributed by atoms with Crippen molar-refractivity contribution in [2.45, 2.75) is 33.2 Å². The second-order valence-corrected chi connectivity index (χ2v) is 6.32. The fraction of sp³-hybridized carbons (Fsp3) is 0.250. The first-order chi connectivity index (χ1) is 12.5. The highest BCUT2D eigenvalue weighted by atomic mass is 19.1. The lowest BCUT2D eigenvalue weighted by molar-refractivity contribution is 0.440. The lowest BCUT2D eigenvalue weighted by Crippen LogP contribution is -2.06. The van der Waals surface area contributed by atoms with Gasteiger partial charge in [-0.25, -0.2) is 14.4 Å². The molecule has 3 aromatic rings. The van der Waals surface area contributed by atoms with Gasteiger partial charge in [0.2, 0.25) is 0 Å². The van der Waals surface area contributed by atoms with Crippen LogP contribution in [-0.4, -0.2) is 15.0 Å². The number of benzene rings is 1. The third kappa shape index (κ3) is 4.53. The molecule has 6 heteroatoms. The number of nitrogens with zero attached hydrogens (tertiary/aromatic N) is 3. The molecule has 3 rings (SSSR count). The first kappa shape index (κ1) is 17.8. The number of aromatic nitrogens is 3. The highest BCUT2D eigenvalue weighted by Gasteiger charge is 2.08. The van der Waals surface area contributed by atoms with Gasteiger partial charge in [-0.15, -0.1) is 0 Å². The van der Waals surface area contributed by atoms with E-state index in [1.807, 2.05) is 19.1 Å². The van der Waals surface area contributed by atoms with Crippen LogP contribution in [-0.2, 0) is 6.54 Å². The van der Waals surface area contributed by atoms with Gasteiger partial charge in [0.25, 0.3) is 0 Å². The Hall–Kier alpha value is -3.02. The average molecular weight is 352 g/mol. The third-order valence-corrected chi connectivity index (χ3v) is 3.72. The zero-order valence-electron chi connectivity index (χ0n) is 15.0. The van der Waals surface area contributed by atoms with Crippen LogP contribution in [0.5, 0.6) is 11.5 Å². The fourth-order valence-electron chi connectivity index (χ4n) is 2.40. The molecule has 134 valence electrons. The van der Waals surface area contributed by atoms with E-state index in [1.165, 1.54) is 6.07 Å². The van der Waals surface area contributed by atoms with Crippen LogP contribution < -0.4 is 10.1 Å². The van der Waals surface area contributed by atoms with Gasteiger partial charge in [0.05, 0.1) is 6.20 Å². The molecule has 0 spiro atoms. The van der Waals surface area contributed by atoms with Gasteiger partial charge in [0.15, 0.2) is 11.6 Å². The molecular weight excluding hydrogens is 331 g/mol. The van der Waals surface area contributed by atoms with Gasteiger partial charge in [0, 0.05) is 30.4 Å². The Kier molecular flexibility index (Phi) is 5.41. The van der Waals surface area contributed by atoms with Crippen LogP contribution in [0.25, 0.3) is 0 Å². The quantitative estimate of drug-likeness (QED) is 0.687. The van der Waals surface area contributed by atoms with Gasteiger partial charge in [0.1, 0.15) is 17.4 Å². The van der Waals surface area contributed by atoms with Crippen LogP contribution in [0.1, 0.15) is 36.8 Å². The van der Waals surface area contributed by atoms with E-state index in [2.05, 4.69) is 34.1 Å². The maximum Gasteiger partial charge on any atom is 0.166 e. The Morgan fingerprint density at radius 1 is 1.15 bits per heavy atom. The van der Waals surface area contributed by atoms with Gasteiger partial charge in [-0.1, -0.05) is 19.9 Å². The maximum absolute atomic E-state index is 14.3. The number of aryl methyl sites for hydroxylation is 1. The predicted molar refractivity (Wildman–Crippen MR) is 98.9 cm³/mol. The number of hydrogen-bond acceptors (Lipinski definition) is 5. The minimum atomic E-state index is -0.421. The fourth-order valence-corrected chi connectivity index (χ4v) is 2.40. The van der Waals surface area contributed by atoms with E-state index >= 15 is 0 Å². The molecule has 0 saturated heterocycles. The van der Waals surface area contributed by atoms with Crippen LogP contribution in [0.15, 0.2) is 48.8 Å². The summed E-state index contributed by atoms with van der Waals surface area (Å²) in [6.45, 7) is 6.49. The molecule has 0 fully saturated rings. The average Bonchev–Trinajstić information content (AvgIpc) is 2.62. The largest absolute Gasteiger partial charge is 0.453 e. The molecule has 5 nitrogen and oxygen atoms in total. The van der Waals surface area contributed by atoms with Gasteiger partial charge >= 0.3 is 0 Å². The van der Waals surface area contributed by atoms with Gasteiger partial charge in [-0.2, -0.15) is 0 Å². The Bertz CT molecular complexity index is 884. The van der Waals surface area contributed by atoms with Crippen LogP contribution in [0.4, 0.5) is 10.2 Å². The number of nitrogens with one attached hydrogen (secondary N) is 1. The van der Waals surface area contributed by atoms with Crippen molar-refractivity contribution in [1.82, 2.24) is 15.0 Å². The van der Waals surface area contributed by atoms with Crippen molar-refractivity contribution in [3.8, 4) is 11.5 Å². The molecule has 0 atom stereocenters. The standard InChI is InChI=1S/C20H21FN4O/c1-13(2)20-24-14(3)9-19(25-20)23-11-15-6-7-18(17(21)10-15)26-16-5-4-8-22-12-16/h4-10,12-13H,11H2,1-3H3,(H,23,24,25). The molecule has 1 aromatic carbocycles. The minimum absolute atomic E-state index is 0.168. The second-order valence-electron chi connectivity index (χ2n) is 6.32. The number of ether oxygens (including phenoxy) is 1. The van der Waals surface area contributed by atoms with Crippen LogP contribution in [0.2, 0.25) is 0 Å². The summed E-state index contributed by atoms with van der Waals surface area (Å²) in [5.74, 6) is 2.01. The van der Waals surface area contributed by atoms with Gasteiger partial charge < -0.3 is 10.1 Å². The summed E-state index contributed by atoms with van der Waals surface area (Å²) >= 11 is 0. The summed E-state index contributed by atoms with van der Waals surface area (Å²) in [7, 11) is 0. The molecule has 0 amide bonds. The zero-order valence-corrected chi connectivity index (χ0v) is 15.0. The maximum atomic E-state index is 14.3. The lowest BCUT2D eigenvalue weighted by Gasteiger charge is -2.11. The van der Waals surface area contributed by atoms with E-state index in [0.29, 0.717) is 12.3 Å². The summed E-state index contributed by atoms with van der Waals surface area (Å²) in [4.78, 5) is 12.9.